The zero-order valence-corrected chi connectivity index (χ0v) is 16.0. The van der Waals surface area contributed by atoms with Gasteiger partial charge in [0.1, 0.15) is 5.75 Å². The highest BCUT2D eigenvalue weighted by molar-refractivity contribution is 7.99. The van der Waals surface area contributed by atoms with Gasteiger partial charge in [-0.2, -0.15) is 4.68 Å². The van der Waals surface area contributed by atoms with E-state index in [2.05, 4.69) is 15.5 Å². The van der Waals surface area contributed by atoms with Gasteiger partial charge in [-0.05, 0) is 66.4 Å². The Morgan fingerprint density at radius 2 is 1.81 bits per heavy atom. The largest absolute Gasteiger partial charge is 0.425 e. The average molecular weight is 368 g/mol. The van der Waals surface area contributed by atoms with Gasteiger partial charge in [0.2, 0.25) is 5.16 Å². The minimum atomic E-state index is -0.331. The normalized spacial score (nSPS) is 10.8. The van der Waals surface area contributed by atoms with Crippen LogP contribution < -0.4 is 4.74 Å². The third kappa shape index (κ3) is 3.94. The molecule has 0 aliphatic carbocycles. The Balaban J connectivity index is 1.72. The number of aryl methyl sites for hydroxylation is 4. The number of para-hydroxylation sites is 1. The van der Waals surface area contributed by atoms with Crippen LogP contribution >= 0.6 is 11.8 Å². The molecule has 0 saturated carbocycles. The molecule has 134 valence electrons. The second-order valence-electron chi connectivity index (χ2n) is 6.15. The van der Waals surface area contributed by atoms with Gasteiger partial charge < -0.3 is 4.74 Å². The number of hydrogen-bond acceptors (Lipinski definition) is 6. The highest BCUT2D eigenvalue weighted by atomic mass is 32.2. The maximum absolute atomic E-state index is 12.3. The number of benzene rings is 2. The number of hydrogen-bond donors (Lipinski definition) is 0. The van der Waals surface area contributed by atoms with Crippen LogP contribution in [-0.4, -0.2) is 31.9 Å². The van der Waals surface area contributed by atoms with Gasteiger partial charge in [0.15, 0.2) is 0 Å². The van der Waals surface area contributed by atoms with Gasteiger partial charge in [-0.3, -0.25) is 4.79 Å². The first kappa shape index (κ1) is 18.1. The van der Waals surface area contributed by atoms with E-state index in [1.54, 1.807) is 4.68 Å². The molecule has 0 fully saturated rings. The van der Waals surface area contributed by atoms with Gasteiger partial charge in [0.05, 0.1) is 11.4 Å². The molecule has 0 N–H and O–H groups in total. The zero-order valence-electron chi connectivity index (χ0n) is 15.2. The van der Waals surface area contributed by atoms with E-state index < -0.39 is 0 Å². The molecular weight excluding hydrogens is 348 g/mol. The van der Waals surface area contributed by atoms with Gasteiger partial charge in [-0.25, -0.2) is 0 Å². The highest BCUT2D eigenvalue weighted by Crippen LogP contribution is 2.25. The molecule has 0 spiro atoms. The van der Waals surface area contributed by atoms with Crippen molar-refractivity contribution in [1.29, 1.82) is 0 Å². The summed E-state index contributed by atoms with van der Waals surface area (Å²) in [6, 6.07) is 11.9. The summed E-state index contributed by atoms with van der Waals surface area (Å²) in [5.74, 6) is 0.411. The SMILES string of the molecule is Cc1ccc(C)c(-n2nnnc2SCC(=O)Oc2c(C)cccc2C)c1. The highest BCUT2D eigenvalue weighted by Gasteiger charge is 2.15. The van der Waals surface area contributed by atoms with Crippen LogP contribution in [0.2, 0.25) is 0 Å². The molecule has 3 rings (SSSR count). The molecule has 1 heterocycles. The standard InChI is InChI=1S/C19H20N4O2S/c1-12-8-9-13(2)16(10-12)23-19(20-21-22-23)26-11-17(24)25-18-14(3)6-5-7-15(18)4/h5-10H,11H2,1-4H3. The van der Waals surface area contributed by atoms with Crippen LogP contribution in [0.1, 0.15) is 22.3 Å². The van der Waals surface area contributed by atoms with Gasteiger partial charge >= 0.3 is 5.97 Å². The van der Waals surface area contributed by atoms with Crippen LogP contribution in [0.15, 0.2) is 41.6 Å². The second-order valence-corrected chi connectivity index (χ2v) is 7.09. The van der Waals surface area contributed by atoms with Crippen LogP contribution in [0.4, 0.5) is 0 Å². The lowest BCUT2D eigenvalue weighted by atomic mass is 10.1. The van der Waals surface area contributed by atoms with Crippen molar-refractivity contribution in [3.8, 4) is 11.4 Å². The topological polar surface area (TPSA) is 69.9 Å². The molecule has 6 nitrogen and oxygen atoms in total. The van der Waals surface area contributed by atoms with Gasteiger partial charge in [-0.15, -0.1) is 5.10 Å². The monoisotopic (exact) mass is 368 g/mol. The average Bonchev–Trinajstić information content (AvgIpc) is 3.07. The van der Waals surface area contributed by atoms with E-state index in [1.165, 1.54) is 11.8 Å². The van der Waals surface area contributed by atoms with Crippen molar-refractivity contribution < 1.29 is 9.53 Å². The van der Waals surface area contributed by atoms with Crippen molar-refractivity contribution >= 4 is 17.7 Å². The predicted molar refractivity (Wildman–Crippen MR) is 101 cm³/mol. The number of carbonyl (C=O) groups excluding carboxylic acids is 1. The minimum absolute atomic E-state index is 0.124. The minimum Gasteiger partial charge on any atom is -0.425 e. The quantitative estimate of drug-likeness (QED) is 0.389. The second kappa shape index (κ2) is 7.70. The summed E-state index contributed by atoms with van der Waals surface area (Å²) in [6.07, 6.45) is 0. The third-order valence-corrected chi connectivity index (χ3v) is 4.87. The Hall–Kier alpha value is -2.67. The maximum atomic E-state index is 12.3. The first-order valence-electron chi connectivity index (χ1n) is 8.21. The molecule has 7 heteroatoms. The summed E-state index contributed by atoms with van der Waals surface area (Å²) >= 11 is 1.25. The predicted octanol–water partition coefficient (Wildman–Crippen LogP) is 3.59. The van der Waals surface area contributed by atoms with Crippen molar-refractivity contribution in [2.45, 2.75) is 32.9 Å². The molecule has 0 atom stereocenters. The summed E-state index contributed by atoms with van der Waals surface area (Å²) in [5, 5.41) is 12.4. The first-order valence-corrected chi connectivity index (χ1v) is 9.20. The Bertz CT molecular complexity index is 932. The van der Waals surface area contributed by atoms with E-state index >= 15 is 0 Å². The Kier molecular flexibility index (Phi) is 5.37. The number of carbonyl (C=O) groups is 1. The van der Waals surface area contributed by atoms with E-state index in [0.29, 0.717) is 10.9 Å². The number of tetrazole rings is 1. The summed E-state index contributed by atoms with van der Waals surface area (Å²) in [4.78, 5) is 12.3. The fourth-order valence-electron chi connectivity index (χ4n) is 2.59. The molecule has 1 aromatic heterocycles. The van der Waals surface area contributed by atoms with E-state index in [0.717, 1.165) is 27.9 Å². The number of ether oxygens (including phenoxy) is 1. The molecule has 0 saturated heterocycles. The molecule has 0 aliphatic rings. The van der Waals surface area contributed by atoms with Crippen molar-refractivity contribution in [2.24, 2.45) is 0 Å². The number of thioether (sulfide) groups is 1. The van der Waals surface area contributed by atoms with E-state index in [1.807, 2.05) is 64.1 Å². The lowest BCUT2D eigenvalue weighted by Crippen LogP contribution is -2.13. The molecule has 0 radical (unpaired) electrons. The van der Waals surface area contributed by atoms with Crippen molar-refractivity contribution in [1.82, 2.24) is 20.2 Å². The van der Waals surface area contributed by atoms with Crippen molar-refractivity contribution in [2.75, 3.05) is 5.75 Å². The van der Waals surface area contributed by atoms with E-state index in [9.17, 15) is 4.79 Å². The number of rotatable bonds is 5. The Morgan fingerprint density at radius 3 is 2.54 bits per heavy atom. The molecule has 0 unspecified atom stereocenters. The van der Waals surface area contributed by atoms with Crippen LogP contribution in [0.25, 0.3) is 5.69 Å². The molecule has 0 aliphatic heterocycles. The first-order chi connectivity index (χ1) is 12.5. The smallest absolute Gasteiger partial charge is 0.321 e. The molecule has 0 amide bonds. The van der Waals surface area contributed by atoms with Gasteiger partial charge in [0.25, 0.3) is 0 Å². The van der Waals surface area contributed by atoms with Crippen LogP contribution in [0.5, 0.6) is 5.75 Å². The fraction of sp³-hybridized carbons (Fsp3) is 0.263. The third-order valence-electron chi connectivity index (χ3n) is 3.98. The van der Waals surface area contributed by atoms with Crippen LogP contribution in [-0.2, 0) is 4.79 Å². The van der Waals surface area contributed by atoms with Gasteiger partial charge in [-0.1, -0.05) is 42.1 Å². The fourth-order valence-corrected chi connectivity index (χ4v) is 3.25. The van der Waals surface area contributed by atoms with E-state index in [4.69, 9.17) is 4.74 Å². The Morgan fingerprint density at radius 1 is 1.08 bits per heavy atom. The van der Waals surface area contributed by atoms with Crippen molar-refractivity contribution in [3.63, 3.8) is 0 Å². The Labute approximate surface area is 156 Å². The molecule has 3 aromatic rings. The summed E-state index contributed by atoms with van der Waals surface area (Å²) in [7, 11) is 0. The summed E-state index contributed by atoms with van der Waals surface area (Å²) < 4.78 is 7.18. The summed E-state index contributed by atoms with van der Waals surface area (Å²) in [5.41, 5.74) is 4.95. The number of nitrogens with zero attached hydrogens (tertiary/aromatic N) is 4. The lowest BCUT2D eigenvalue weighted by Gasteiger charge is -2.10. The van der Waals surface area contributed by atoms with Gasteiger partial charge in [0, 0.05) is 0 Å². The molecular formula is C19H20N4O2S. The summed E-state index contributed by atoms with van der Waals surface area (Å²) in [6.45, 7) is 7.86. The lowest BCUT2D eigenvalue weighted by molar-refractivity contribution is -0.131. The van der Waals surface area contributed by atoms with Crippen LogP contribution in [0, 0.1) is 27.7 Å². The zero-order chi connectivity index (χ0) is 18.7. The number of aromatic nitrogens is 4. The molecule has 26 heavy (non-hydrogen) atoms. The number of esters is 1. The van der Waals surface area contributed by atoms with Crippen LogP contribution in [0.3, 0.4) is 0 Å². The maximum Gasteiger partial charge on any atom is 0.321 e. The van der Waals surface area contributed by atoms with E-state index in [-0.39, 0.29) is 11.7 Å². The molecule has 0 bridgehead atoms. The molecule has 2 aromatic carbocycles. The van der Waals surface area contributed by atoms with Crippen molar-refractivity contribution in [3.05, 3.63) is 58.7 Å².